The Morgan fingerprint density at radius 2 is 0.871 bits per heavy atom. The SMILES string of the molecule is CN(C)C(OC(C)(C)C)OC(C)(C)C.COC(=O)c1ccc(NC(=O)c2cc(Cl)c(O)c(Cl)c2)cc1.COC(=O)c1ccc(NC(=O)c2cc(Cl)c(OC(C)(C)C)c(Cl)c2)cc1. The number of phenols is 1. The molecule has 13 nitrogen and oxygen atoms in total. The van der Waals surface area contributed by atoms with E-state index in [1.54, 1.807) is 36.4 Å². The smallest absolute Gasteiger partial charge is 0.337 e. The molecule has 2 amide bonds. The highest BCUT2D eigenvalue weighted by Crippen LogP contribution is 2.37. The first kappa shape index (κ1) is 53.5. The van der Waals surface area contributed by atoms with E-state index in [4.69, 9.17) is 60.6 Å². The van der Waals surface area contributed by atoms with Crippen LogP contribution in [0.4, 0.5) is 11.4 Å². The van der Waals surface area contributed by atoms with E-state index in [0.717, 1.165) is 0 Å². The number of hydrogen-bond acceptors (Lipinski definition) is 11. The second-order valence-corrected chi connectivity index (χ2v) is 18.2. The Balaban J connectivity index is 0.000000335. The van der Waals surface area contributed by atoms with Gasteiger partial charge in [-0.2, -0.15) is 0 Å². The Morgan fingerprint density at radius 1 is 0.548 bits per heavy atom. The summed E-state index contributed by atoms with van der Waals surface area (Å²) in [5, 5.41) is 15.3. The summed E-state index contributed by atoms with van der Waals surface area (Å²) in [5.41, 5.74) is 1.39. The van der Waals surface area contributed by atoms with Crippen LogP contribution in [0.1, 0.15) is 104 Å². The lowest BCUT2D eigenvalue weighted by Gasteiger charge is -2.35. The summed E-state index contributed by atoms with van der Waals surface area (Å²) in [6.07, 6.45) is -0.296. The summed E-state index contributed by atoms with van der Waals surface area (Å²) >= 11 is 24.0. The number of aromatic hydroxyl groups is 1. The van der Waals surface area contributed by atoms with Gasteiger partial charge in [0, 0.05) is 22.5 Å². The van der Waals surface area contributed by atoms with Gasteiger partial charge in [-0.25, -0.2) is 9.59 Å². The van der Waals surface area contributed by atoms with Crippen LogP contribution in [0.3, 0.4) is 0 Å². The lowest BCUT2D eigenvalue weighted by molar-refractivity contribution is -0.285. The van der Waals surface area contributed by atoms with Gasteiger partial charge in [0.25, 0.3) is 11.8 Å². The van der Waals surface area contributed by atoms with Gasteiger partial charge in [-0.3, -0.25) is 14.5 Å². The van der Waals surface area contributed by atoms with Crippen LogP contribution in [0.2, 0.25) is 20.1 Å². The van der Waals surface area contributed by atoms with Crippen molar-refractivity contribution in [3.63, 3.8) is 0 Å². The van der Waals surface area contributed by atoms with Crippen LogP contribution in [0, 0.1) is 0 Å². The third-order valence-corrected chi connectivity index (χ3v) is 8.54. The van der Waals surface area contributed by atoms with Crippen molar-refractivity contribution in [1.29, 1.82) is 0 Å². The molecule has 4 rings (SSSR count). The lowest BCUT2D eigenvalue weighted by Crippen LogP contribution is -2.43. The van der Waals surface area contributed by atoms with Gasteiger partial charge in [0.2, 0.25) is 6.41 Å². The van der Waals surface area contributed by atoms with Crippen LogP contribution < -0.4 is 15.4 Å². The minimum Gasteiger partial charge on any atom is -0.505 e. The third kappa shape index (κ3) is 18.4. The largest absolute Gasteiger partial charge is 0.505 e. The molecule has 0 aliphatic carbocycles. The highest BCUT2D eigenvalue weighted by Gasteiger charge is 2.26. The molecule has 0 fully saturated rings. The summed E-state index contributed by atoms with van der Waals surface area (Å²) in [7, 11) is 6.49. The van der Waals surface area contributed by atoms with Gasteiger partial charge >= 0.3 is 11.9 Å². The fraction of sp³-hybridized carbons (Fsp3) is 0.378. The van der Waals surface area contributed by atoms with Crippen LogP contribution in [0.25, 0.3) is 0 Å². The molecule has 0 saturated heterocycles. The molecule has 62 heavy (non-hydrogen) atoms. The van der Waals surface area contributed by atoms with Crippen LogP contribution in [0.5, 0.6) is 11.5 Å². The predicted molar refractivity (Wildman–Crippen MR) is 246 cm³/mol. The molecule has 0 saturated carbocycles. The minimum atomic E-state index is -0.474. The molecule has 0 unspecified atom stereocenters. The van der Waals surface area contributed by atoms with Crippen molar-refractivity contribution in [2.45, 2.75) is 85.5 Å². The molecule has 0 atom stereocenters. The van der Waals surface area contributed by atoms with Crippen molar-refractivity contribution in [3.05, 3.63) is 115 Å². The maximum atomic E-state index is 12.4. The number of anilines is 2. The molecular weight excluding hydrogens is 884 g/mol. The standard InChI is InChI=1S/C19H19Cl2NO4.C15H11Cl2NO4.C11H25NO2/c1-19(2,3)26-16-14(20)9-12(10-15(16)21)17(23)22-13-7-5-11(6-8-13)18(24)25-4;1-22-15(21)8-2-4-10(5-3-8)18-14(20)9-6-11(16)13(19)12(17)7-9;1-10(2,3)13-9(12(7)8)14-11(4,5)6/h5-10H,1-4H3,(H,22,23);2-7,19H,1H3,(H,18,20);9H,1-8H3. The zero-order valence-electron chi connectivity index (χ0n) is 37.1. The Bertz CT molecular complexity index is 2100. The molecule has 338 valence electrons. The van der Waals surface area contributed by atoms with Crippen molar-refractivity contribution in [2.75, 3.05) is 38.9 Å². The van der Waals surface area contributed by atoms with Gasteiger partial charge in [0.15, 0.2) is 11.5 Å². The number of nitrogens with one attached hydrogen (secondary N) is 2. The van der Waals surface area contributed by atoms with E-state index in [2.05, 4.69) is 20.1 Å². The van der Waals surface area contributed by atoms with Crippen molar-refractivity contribution in [3.8, 4) is 11.5 Å². The fourth-order valence-corrected chi connectivity index (χ4v) is 5.70. The number of amides is 2. The number of methoxy groups -OCH3 is 2. The van der Waals surface area contributed by atoms with Gasteiger partial charge in [0.05, 0.1) is 56.6 Å². The molecule has 17 heteroatoms. The summed E-state index contributed by atoms with van der Waals surface area (Å²) in [6, 6.07) is 18.1. The lowest BCUT2D eigenvalue weighted by atomic mass is 10.1. The molecule has 0 aliphatic heterocycles. The Hall–Kier alpha value is -4.60. The number of halogens is 4. The number of benzene rings is 4. The minimum absolute atomic E-state index is 0.0151. The topological polar surface area (TPSA) is 162 Å². The molecule has 4 aromatic rings. The molecule has 0 heterocycles. The average Bonchev–Trinajstić information content (AvgIpc) is 3.16. The fourth-order valence-electron chi connectivity index (χ4n) is 4.65. The molecule has 0 aromatic heterocycles. The summed E-state index contributed by atoms with van der Waals surface area (Å²) in [4.78, 5) is 49.2. The van der Waals surface area contributed by atoms with E-state index in [1.165, 1.54) is 50.6 Å². The zero-order valence-corrected chi connectivity index (χ0v) is 40.1. The molecule has 0 spiro atoms. The molecule has 0 radical (unpaired) electrons. The zero-order chi connectivity index (χ0) is 47.3. The van der Waals surface area contributed by atoms with E-state index in [9.17, 15) is 24.3 Å². The van der Waals surface area contributed by atoms with Gasteiger partial charge in [-0.1, -0.05) is 46.4 Å². The Labute approximate surface area is 383 Å². The van der Waals surface area contributed by atoms with Crippen LogP contribution in [-0.2, 0) is 18.9 Å². The van der Waals surface area contributed by atoms with Crippen molar-refractivity contribution < 1.29 is 48.0 Å². The molecule has 0 bridgehead atoms. The molecule has 4 aromatic carbocycles. The summed E-state index contributed by atoms with van der Waals surface area (Å²) < 4.78 is 26.5. The van der Waals surface area contributed by atoms with Gasteiger partial charge in [-0.05, 0) is 149 Å². The number of nitrogens with zero attached hydrogens (tertiary/aromatic N) is 1. The second-order valence-electron chi connectivity index (χ2n) is 16.5. The number of carbonyl (C=O) groups is 4. The van der Waals surface area contributed by atoms with Crippen LogP contribution >= 0.6 is 46.4 Å². The van der Waals surface area contributed by atoms with E-state index in [1.807, 2.05) is 81.3 Å². The molecular formula is C45H55Cl4N3O10. The van der Waals surface area contributed by atoms with Crippen molar-refractivity contribution in [1.82, 2.24) is 4.90 Å². The summed E-state index contributed by atoms with van der Waals surface area (Å²) in [6.45, 7) is 17.8. The average molecular weight is 940 g/mol. The van der Waals surface area contributed by atoms with E-state index >= 15 is 0 Å². The quantitative estimate of drug-likeness (QED) is 0.102. The van der Waals surface area contributed by atoms with Gasteiger partial charge < -0.3 is 39.4 Å². The third-order valence-electron chi connectivity index (χ3n) is 7.41. The van der Waals surface area contributed by atoms with Gasteiger partial charge in [0.1, 0.15) is 5.60 Å². The van der Waals surface area contributed by atoms with Crippen LogP contribution in [0.15, 0.2) is 72.8 Å². The number of hydrogen-bond donors (Lipinski definition) is 3. The maximum Gasteiger partial charge on any atom is 0.337 e. The predicted octanol–water partition coefficient (Wildman–Crippen LogP) is 11.4. The Kier molecular flexibility index (Phi) is 20.0. The Morgan fingerprint density at radius 3 is 1.15 bits per heavy atom. The first-order valence-corrected chi connectivity index (χ1v) is 20.4. The number of phenolic OH excluding ortho intramolecular Hbond substituents is 1. The highest BCUT2D eigenvalue weighted by atomic mass is 35.5. The van der Waals surface area contributed by atoms with Gasteiger partial charge in [-0.15, -0.1) is 0 Å². The van der Waals surface area contributed by atoms with E-state index < -0.39 is 23.4 Å². The van der Waals surface area contributed by atoms with Crippen LogP contribution in [-0.4, -0.2) is 85.3 Å². The van der Waals surface area contributed by atoms with E-state index in [0.29, 0.717) is 33.8 Å². The molecule has 3 N–H and O–H groups in total. The normalized spacial score (nSPS) is 11.4. The first-order chi connectivity index (χ1) is 28.5. The second kappa shape index (κ2) is 23.2. The maximum absolute atomic E-state index is 12.4. The highest BCUT2D eigenvalue weighted by molar-refractivity contribution is 6.38. The van der Waals surface area contributed by atoms with E-state index in [-0.39, 0.29) is 54.9 Å². The number of ether oxygens (including phenoxy) is 5. The van der Waals surface area contributed by atoms with Crippen molar-refractivity contribution in [2.24, 2.45) is 0 Å². The van der Waals surface area contributed by atoms with Crippen molar-refractivity contribution >= 4 is 81.5 Å². The number of esters is 2. The first-order valence-electron chi connectivity index (χ1n) is 18.9. The monoisotopic (exact) mass is 937 g/mol. The number of rotatable bonds is 10. The summed E-state index contributed by atoms with van der Waals surface area (Å²) in [5.74, 6) is -1.69. The molecule has 0 aliphatic rings. The number of carbonyl (C=O) groups excluding carboxylic acids is 4.